The number of benzene rings is 1. The molecule has 3 aromatic rings. The van der Waals surface area contributed by atoms with Crippen molar-refractivity contribution in [2.75, 3.05) is 38.8 Å². The SMILES string of the molecule is COc1c(Cl)cccc1Nc1c(-c2ccncc2OCC2COC(C)(C)CO2)[nH]c2c1C(=O)NCC2C. The molecule has 1 aromatic carbocycles. The number of H-pyrrole nitrogens is 1. The Labute approximate surface area is 220 Å². The molecule has 0 spiro atoms. The molecule has 0 radical (unpaired) electrons. The van der Waals surface area contributed by atoms with E-state index in [0.29, 0.717) is 65.5 Å². The maximum atomic E-state index is 13.1. The van der Waals surface area contributed by atoms with Gasteiger partial charge in [-0.15, -0.1) is 0 Å². The van der Waals surface area contributed by atoms with E-state index in [1.807, 2.05) is 32.0 Å². The van der Waals surface area contributed by atoms with Crippen molar-refractivity contribution in [1.82, 2.24) is 15.3 Å². The second-order valence-electron chi connectivity index (χ2n) is 9.91. The van der Waals surface area contributed by atoms with Crippen LogP contribution in [-0.2, 0) is 9.47 Å². The minimum Gasteiger partial charge on any atom is -0.493 e. The zero-order valence-electron chi connectivity index (χ0n) is 21.3. The smallest absolute Gasteiger partial charge is 0.255 e. The Hall–Kier alpha value is -3.27. The number of pyridine rings is 1. The molecule has 10 heteroatoms. The average molecular weight is 527 g/mol. The van der Waals surface area contributed by atoms with Crippen LogP contribution in [0.1, 0.15) is 42.7 Å². The highest BCUT2D eigenvalue weighted by molar-refractivity contribution is 6.32. The van der Waals surface area contributed by atoms with Gasteiger partial charge < -0.3 is 34.6 Å². The fourth-order valence-electron chi connectivity index (χ4n) is 4.54. The number of hydrogen-bond acceptors (Lipinski definition) is 7. The van der Waals surface area contributed by atoms with E-state index in [1.54, 1.807) is 25.6 Å². The van der Waals surface area contributed by atoms with Crippen LogP contribution in [0.2, 0.25) is 5.02 Å². The summed E-state index contributed by atoms with van der Waals surface area (Å²) in [6.07, 6.45) is 3.16. The molecular formula is C27H31ClN4O5. The molecule has 1 saturated heterocycles. The number of halogens is 1. The van der Waals surface area contributed by atoms with E-state index in [-0.39, 0.29) is 23.5 Å². The largest absolute Gasteiger partial charge is 0.493 e. The Kier molecular flexibility index (Phi) is 7.02. The number of hydrogen-bond donors (Lipinski definition) is 3. The molecule has 0 bridgehead atoms. The Morgan fingerprint density at radius 3 is 2.89 bits per heavy atom. The molecule has 2 atom stereocenters. The van der Waals surface area contributed by atoms with Crippen LogP contribution in [0.3, 0.4) is 0 Å². The van der Waals surface area contributed by atoms with Crippen molar-refractivity contribution >= 4 is 28.9 Å². The van der Waals surface area contributed by atoms with Gasteiger partial charge in [0.2, 0.25) is 0 Å². The summed E-state index contributed by atoms with van der Waals surface area (Å²) in [7, 11) is 1.56. The van der Waals surface area contributed by atoms with Crippen molar-refractivity contribution < 1.29 is 23.7 Å². The van der Waals surface area contributed by atoms with Crippen molar-refractivity contribution in [2.24, 2.45) is 0 Å². The van der Waals surface area contributed by atoms with E-state index in [2.05, 4.69) is 27.5 Å². The molecule has 196 valence electrons. The topological polar surface area (TPSA) is 107 Å². The maximum Gasteiger partial charge on any atom is 0.255 e. The molecule has 0 aliphatic carbocycles. The van der Waals surface area contributed by atoms with E-state index in [4.69, 9.17) is 30.5 Å². The van der Waals surface area contributed by atoms with Crippen molar-refractivity contribution in [3.63, 3.8) is 0 Å². The zero-order valence-corrected chi connectivity index (χ0v) is 22.1. The van der Waals surface area contributed by atoms with Crippen LogP contribution in [-0.4, -0.2) is 61.1 Å². The number of aromatic nitrogens is 2. The number of carbonyl (C=O) groups is 1. The predicted molar refractivity (Wildman–Crippen MR) is 141 cm³/mol. The summed E-state index contributed by atoms with van der Waals surface area (Å²) in [5.41, 5.74) is 3.78. The minimum atomic E-state index is -0.307. The molecule has 1 amide bonds. The van der Waals surface area contributed by atoms with Gasteiger partial charge in [0.15, 0.2) is 5.75 Å². The quantitative estimate of drug-likeness (QED) is 0.402. The lowest BCUT2D eigenvalue weighted by Crippen LogP contribution is -2.44. The van der Waals surface area contributed by atoms with E-state index >= 15 is 0 Å². The number of nitrogens with zero attached hydrogens (tertiary/aromatic N) is 1. The summed E-state index contributed by atoms with van der Waals surface area (Å²) in [6.45, 7) is 7.84. The number of methoxy groups -OCH3 is 1. The third-order valence-corrected chi connectivity index (χ3v) is 6.85. The third kappa shape index (κ3) is 5.12. The molecule has 5 rings (SSSR count). The highest BCUT2D eigenvalue weighted by Gasteiger charge is 2.33. The standard InChI is InChI=1S/C27H31ClN4O5/c1-15-10-30-26(33)21-22(15)32-23(24(21)31-19-7-5-6-18(28)25(19)34-4)17-8-9-29-11-20(17)35-12-16-13-37-27(2,3)14-36-16/h5-9,11,15-16,31-32H,10,12-14H2,1-4H3,(H,30,33). The first kappa shape index (κ1) is 25.4. The second kappa shape index (κ2) is 10.2. The van der Waals surface area contributed by atoms with Gasteiger partial charge in [0, 0.05) is 29.9 Å². The van der Waals surface area contributed by atoms with Crippen LogP contribution in [0.15, 0.2) is 36.7 Å². The molecule has 2 aromatic heterocycles. The Morgan fingerprint density at radius 1 is 1.30 bits per heavy atom. The van der Waals surface area contributed by atoms with Crippen LogP contribution in [0.25, 0.3) is 11.3 Å². The number of aromatic amines is 1. The average Bonchev–Trinajstić information content (AvgIpc) is 3.26. The predicted octanol–water partition coefficient (Wildman–Crippen LogP) is 4.90. The van der Waals surface area contributed by atoms with E-state index in [1.165, 1.54) is 0 Å². The molecule has 1 fully saturated rings. The monoisotopic (exact) mass is 526 g/mol. The third-order valence-electron chi connectivity index (χ3n) is 6.55. The lowest BCUT2D eigenvalue weighted by molar-refractivity contribution is -0.181. The van der Waals surface area contributed by atoms with Crippen LogP contribution in [0.5, 0.6) is 11.5 Å². The van der Waals surface area contributed by atoms with E-state index in [9.17, 15) is 4.79 Å². The summed E-state index contributed by atoms with van der Waals surface area (Å²) in [6, 6.07) is 7.28. The van der Waals surface area contributed by atoms with Crippen molar-refractivity contribution in [1.29, 1.82) is 0 Å². The fourth-order valence-corrected chi connectivity index (χ4v) is 4.80. The molecule has 4 heterocycles. The van der Waals surface area contributed by atoms with Crippen molar-refractivity contribution in [3.05, 3.63) is 52.9 Å². The second-order valence-corrected chi connectivity index (χ2v) is 10.3. The highest BCUT2D eigenvalue weighted by atomic mass is 35.5. The molecule has 9 nitrogen and oxygen atoms in total. The summed E-state index contributed by atoms with van der Waals surface area (Å²) in [5, 5.41) is 6.85. The molecule has 0 saturated carbocycles. The molecule has 2 aliphatic rings. The van der Waals surface area contributed by atoms with Gasteiger partial charge in [0.25, 0.3) is 5.91 Å². The number of fused-ring (bicyclic) bond motifs is 1. The van der Waals surface area contributed by atoms with Crippen LogP contribution < -0.4 is 20.1 Å². The number of nitrogens with one attached hydrogen (secondary N) is 3. The number of ether oxygens (including phenoxy) is 4. The normalized spacial score (nSPS) is 20.6. The highest BCUT2D eigenvalue weighted by Crippen LogP contribution is 2.44. The fraction of sp³-hybridized carbons (Fsp3) is 0.407. The molecular weight excluding hydrogens is 496 g/mol. The van der Waals surface area contributed by atoms with E-state index in [0.717, 1.165) is 11.3 Å². The van der Waals surface area contributed by atoms with Gasteiger partial charge in [0.05, 0.1) is 59.8 Å². The van der Waals surface area contributed by atoms with E-state index < -0.39 is 0 Å². The Morgan fingerprint density at radius 2 is 2.14 bits per heavy atom. The number of para-hydroxylation sites is 1. The lowest BCUT2D eigenvalue weighted by atomic mass is 9.98. The van der Waals surface area contributed by atoms with Crippen LogP contribution >= 0.6 is 11.6 Å². The molecule has 37 heavy (non-hydrogen) atoms. The van der Waals surface area contributed by atoms with Gasteiger partial charge in [-0.05, 0) is 32.0 Å². The molecule has 2 unspecified atom stereocenters. The Balaban J connectivity index is 1.53. The van der Waals surface area contributed by atoms with Crippen LogP contribution in [0.4, 0.5) is 11.4 Å². The zero-order chi connectivity index (χ0) is 26.2. The van der Waals surface area contributed by atoms with Crippen molar-refractivity contribution in [3.8, 4) is 22.8 Å². The molecule has 3 N–H and O–H groups in total. The van der Waals surface area contributed by atoms with Crippen molar-refractivity contribution in [2.45, 2.75) is 38.4 Å². The lowest BCUT2D eigenvalue weighted by Gasteiger charge is -2.34. The van der Waals surface area contributed by atoms with Gasteiger partial charge >= 0.3 is 0 Å². The summed E-state index contributed by atoms with van der Waals surface area (Å²) in [5.74, 6) is 0.971. The number of anilines is 2. The maximum absolute atomic E-state index is 13.1. The van der Waals surface area contributed by atoms with Crippen LogP contribution in [0, 0.1) is 0 Å². The summed E-state index contributed by atoms with van der Waals surface area (Å²) < 4.78 is 23.5. The van der Waals surface area contributed by atoms with Gasteiger partial charge in [-0.25, -0.2) is 0 Å². The number of rotatable bonds is 7. The number of amides is 1. The van der Waals surface area contributed by atoms with Gasteiger partial charge in [-0.3, -0.25) is 9.78 Å². The minimum absolute atomic E-state index is 0.0885. The molecule has 2 aliphatic heterocycles. The summed E-state index contributed by atoms with van der Waals surface area (Å²) >= 11 is 6.38. The summed E-state index contributed by atoms with van der Waals surface area (Å²) in [4.78, 5) is 20.8. The first-order chi connectivity index (χ1) is 17.8. The van der Waals surface area contributed by atoms with Gasteiger partial charge in [-0.2, -0.15) is 0 Å². The van der Waals surface area contributed by atoms with Gasteiger partial charge in [-0.1, -0.05) is 24.6 Å². The van der Waals surface area contributed by atoms with Gasteiger partial charge in [0.1, 0.15) is 18.5 Å². The first-order valence-corrected chi connectivity index (χ1v) is 12.6. The first-order valence-electron chi connectivity index (χ1n) is 12.2. The Bertz CT molecular complexity index is 1300. The number of carbonyl (C=O) groups excluding carboxylic acids is 1.